The number of ether oxygens (including phenoxy) is 3. The minimum atomic E-state index is -0.581. The van der Waals surface area contributed by atoms with Crippen molar-refractivity contribution >= 4 is 45.6 Å². The van der Waals surface area contributed by atoms with Crippen LogP contribution in [0.15, 0.2) is 54.7 Å². The second-order valence-corrected chi connectivity index (χ2v) is 12.0. The van der Waals surface area contributed by atoms with Gasteiger partial charge in [-0.3, -0.25) is 9.59 Å². The predicted octanol–water partition coefficient (Wildman–Crippen LogP) is 5.85. The van der Waals surface area contributed by atoms with E-state index >= 15 is 4.39 Å². The summed E-state index contributed by atoms with van der Waals surface area (Å²) in [5, 5.41) is 8.29. The van der Waals surface area contributed by atoms with Crippen LogP contribution < -0.4 is 24.8 Å². The van der Waals surface area contributed by atoms with Crippen molar-refractivity contribution in [1.82, 2.24) is 25.2 Å². The van der Waals surface area contributed by atoms with E-state index in [1.54, 1.807) is 35.6 Å². The van der Waals surface area contributed by atoms with Crippen molar-refractivity contribution in [3.63, 3.8) is 0 Å². The number of thiazole rings is 1. The van der Waals surface area contributed by atoms with E-state index in [-0.39, 0.29) is 40.2 Å². The number of piperidine rings is 1. The molecule has 230 valence electrons. The van der Waals surface area contributed by atoms with Gasteiger partial charge in [0, 0.05) is 54.4 Å². The van der Waals surface area contributed by atoms with Crippen LogP contribution >= 0.6 is 11.3 Å². The smallest absolute Gasteiger partial charge is 0.279 e. The molecule has 5 rings (SSSR count). The highest BCUT2D eigenvalue weighted by atomic mass is 32.1. The molecule has 1 saturated heterocycles. The summed E-state index contributed by atoms with van der Waals surface area (Å²) in [6.07, 6.45) is 3.88. The number of anilines is 2. The van der Waals surface area contributed by atoms with E-state index in [1.165, 1.54) is 24.5 Å². The molecule has 0 saturated carbocycles. The SMILES string of the molecule is C=CC(=O)N1CCC(Oc2cc3c(Nc4ccc(Oc5nc(C(=O)NC(C)(C)C)cs5)cc4F)ncnc3cc2OC)CC1. The zero-order chi connectivity index (χ0) is 31.4. The monoisotopic (exact) mass is 620 g/mol. The van der Waals surface area contributed by atoms with Gasteiger partial charge in [0.25, 0.3) is 11.1 Å². The van der Waals surface area contributed by atoms with E-state index in [9.17, 15) is 9.59 Å². The highest BCUT2D eigenvalue weighted by molar-refractivity contribution is 7.11. The Morgan fingerprint density at radius 2 is 1.91 bits per heavy atom. The van der Waals surface area contributed by atoms with Crippen molar-refractivity contribution in [2.24, 2.45) is 0 Å². The Kier molecular flexibility index (Phi) is 8.95. The normalized spacial score (nSPS) is 13.8. The maximum absolute atomic E-state index is 15.2. The molecule has 2 aromatic carbocycles. The van der Waals surface area contributed by atoms with Crippen LogP contribution in [0.3, 0.4) is 0 Å². The van der Waals surface area contributed by atoms with E-state index in [1.807, 2.05) is 20.8 Å². The van der Waals surface area contributed by atoms with Gasteiger partial charge in [0.1, 0.15) is 35.5 Å². The predicted molar refractivity (Wildman–Crippen MR) is 166 cm³/mol. The summed E-state index contributed by atoms with van der Waals surface area (Å²) in [5.41, 5.74) is 0.560. The number of halogens is 1. The molecular formula is C31H33FN6O5S. The second-order valence-electron chi connectivity index (χ2n) is 11.2. The van der Waals surface area contributed by atoms with Crippen LogP contribution in [0.5, 0.6) is 22.4 Å². The Morgan fingerprint density at radius 1 is 1.14 bits per heavy atom. The van der Waals surface area contributed by atoms with E-state index in [0.29, 0.717) is 54.2 Å². The van der Waals surface area contributed by atoms with E-state index < -0.39 is 11.4 Å². The summed E-state index contributed by atoms with van der Waals surface area (Å²) in [5.74, 6) is 0.597. The molecule has 2 amide bonds. The number of hydrogen-bond donors (Lipinski definition) is 2. The third kappa shape index (κ3) is 7.22. The number of hydrogen-bond acceptors (Lipinski definition) is 10. The highest BCUT2D eigenvalue weighted by Gasteiger charge is 2.24. The lowest BCUT2D eigenvalue weighted by Crippen LogP contribution is -2.41. The summed E-state index contributed by atoms with van der Waals surface area (Å²) in [6.45, 7) is 10.3. The van der Waals surface area contributed by atoms with Gasteiger partial charge in [-0.25, -0.2) is 14.4 Å². The van der Waals surface area contributed by atoms with Crippen LogP contribution in [0, 0.1) is 5.82 Å². The number of carbonyl (C=O) groups is 2. The molecule has 44 heavy (non-hydrogen) atoms. The molecule has 1 aliphatic rings. The average Bonchev–Trinajstić information content (AvgIpc) is 3.46. The number of aromatic nitrogens is 3. The lowest BCUT2D eigenvalue weighted by Gasteiger charge is -2.31. The largest absolute Gasteiger partial charge is 0.493 e. The number of rotatable bonds is 9. The molecule has 0 aliphatic carbocycles. The summed E-state index contributed by atoms with van der Waals surface area (Å²) < 4.78 is 32.8. The molecule has 1 fully saturated rings. The summed E-state index contributed by atoms with van der Waals surface area (Å²) >= 11 is 1.14. The number of nitrogens with zero attached hydrogens (tertiary/aromatic N) is 4. The van der Waals surface area contributed by atoms with Gasteiger partial charge < -0.3 is 29.7 Å². The van der Waals surface area contributed by atoms with Gasteiger partial charge in [0.2, 0.25) is 5.91 Å². The number of nitrogens with one attached hydrogen (secondary N) is 2. The summed E-state index contributed by atoms with van der Waals surface area (Å²) in [7, 11) is 1.55. The molecule has 13 heteroatoms. The molecule has 0 radical (unpaired) electrons. The van der Waals surface area contributed by atoms with Crippen LogP contribution in [0.4, 0.5) is 15.9 Å². The highest BCUT2D eigenvalue weighted by Crippen LogP contribution is 2.37. The van der Waals surface area contributed by atoms with Gasteiger partial charge in [-0.1, -0.05) is 17.9 Å². The topological polar surface area (TPSA) is 128 Å². The first kappa shape index (κ1) is 30.7. The van der Waals surface area contributed by atoms with Crippen LogP contribution in [0.25, 0.3) is 10.9 Å². The Balaban J connectivity index is 1.31. The first-order valence-electron chi connectivity index (χ1n) is 14.0. The van der Waals surface area contributed by atoms with Crippen molar-refractivity contribution in [3.05, 3.63) is 66.2 Å². The van der Waals surface area contributed by atoms with Gasteiger partial charge in [0.05, 0.1) is 18.3 Å². The first-order chi connectivity index (χ1) is 21.0. The second kappa shape index (κ2) is 12.8. The van der Waals surface area contributed by atoms with Crippen LogP contribution in [-0.2, 0) is 4.79 Å². The van der Waals surface area contributed by atoms with Gasteiger partial charge in [-0.15, -0.1) is 0 Å². The third-order valence-electron chi connectivity index (χ3n) is 6.75. The lowest BCUT2D eigenvalue weighted by molar-refractivity contribution is -0.127. The number of methoxy groups -OCH3 is 1. The van der Waals surface area contributed by atoms with Crippen LogP contribution in [-0.4, -0.2) is 63.5 Å². The molecule has 4 aromatic rings. The molecular weight excluding hydrogens is 587 g/mol. The molecule has 2 N–H and O–H groups in total. The molecule has 11 nitrogen and oxygen atoms in total. The van der Waals surface area contributed by atoms with E-state index in [4.69, 9.17) is 14.2 Å². The fraction of sp³-hybridized carbons (Fsp3) is 0.323. The van der Waals surface area contributed by atoms with Gasteiger partial charge in [-0.2, -0.15) is 4.98 Å². The maximum atomic E-state index is 15.2. The van der Waals surface area contributed by atoms with E-state index in [0.717, 1.165) is 11.3 Å². The standard InChI is InChI=1S/C31H33FN6O5S/c1-6-27(39)38-11-9-18(10-12-38)42-26-14-20-23(15-25(26)41-5)33-17-34-28(20)35-22-8-7-19(13-21(22)32)43-30-36-24(16-44-30)29(40)37-31(2,3)4/h6-8,13-18H,1,9-12H2,2-5H3,(H,37,40)(H,33,34,35). The number of carbonyl (C=O) groups excluding carboxylic acids is 2. The zero-order valence-corrected chi connectivity index (χ0v) is 25.7. The minimum Gasteiger partial charge on any atom is -0.493 e. The Labute approximate surface area is 258 Å². The molecule has 2 aromatic heterocycles. The molecule has 1 aliphatic heterocycles. The number of likely N-dealkylation sites (tertiary alicyclic amines) is 1. The molecule has 3 heterocycles. The van der Waals surface area contributed by atoms with Crippen LogP contribution in [0.2, 0.25) is 0 Å². The van der Waals surface area contributed by atoms with Crippen molar-refractivity contribution < 1.29 is 28.2 Å². The van der Waals surface area contributed by atoms with Crippen LogP contribution in [0.1, 0.15) is 44.1 Å². The van der Waals surface area contributed by atoms with Gasteiger partial charge in [0.15, 0.2) is 11.5 Å². The molecule has 0 atom stereocenters. The Bertz CT molecular complexity index is 1700. The van der Waals surface area contributed by atoms with E-state index in [2.05, 4.69) is 32.2 Å². The summed E-state index contributed by atoms with van der Waals surface area (Å²) in [4.78, 5) is 38.9. The van der Waals surface area contributed by atoms with Crippen molar-refractivity contribution in [1.29, 1.82) is 0 Å². The molecule has 0 spiro atoms. The first-order valence-corrected chi connectivity index (χ1v) is 14.8. The maximum Gasteiger partial charge on any atom is 0.279 e. The minimum absolute atomic E-state index is 0.0931. The summed E-state index contributed by atoms with van der Waals surface area (Å²) in [6, 6.07) is 7.85. The lowest BCUT2D eigenvalue weighted by atomic mass is 10.1. The van der Waals surface area contributed by atoms with Gasteiger partial charge >= 0.3 is 0 Å². The Morgan fingerprint density at radius 3 is 2.59 bits per heavy atom. The zero-order valence-electron chi connectivity index (χ0n) is 24.8. The van der Waals surface area contributed by atoms with Gasteiger partial charge in [-0.05, 0) is 45.0 Å². The number of amides is 2. The van der Waals surface area contributed by atoms with Crippen molar-refractivity contribution in [2.45, 2.75) is 45.3 Å². The number of benzene rings is 2. The van der Waals surface area contributed by atoms with Crippen molar-refractivity contribution in [2.75, 3.05) is 25.5 Å². The molecule has 0 unspecified atom stereocenters. The Hall–Kier alpha value is -4.78. The quantitative estimate of drug-likeness (QED) is 0.221. The third-order valence-corrected chi connectivity index (χ3v) is 7.46. The average molecular weight is 621 g/mol. The number of fused-ring (bicyclic) bond motifs is 1. The fourth-order valence-corrected chi connectivity index (χ4v) is 5.29. The van der Waals surface area contributed by atoms with Crippen molar-refractivity contribution in [3.8, 4) is 22.4 Å². The fourth-order valence-electron chi connectivity index (χ4n) is 4.62. The molecule has 0 bridgehead atoms.